The Morgan fingerprint density at radius 1 is 0.138 bits per heavy atom. The normalized spacial score (nSPS) is 56.2. The van der Waals surface area contributed by atoms with Crippen molar-refractivity contribution in [2.75, 3.05) is 52.9 Å². The van der Waals surface area contributed by atoms with Gasteiger partial charge in [-0.2, -0.15) is 0 Å². The Bertz CT molecular complexity index is 2150. The van der Waals surface area contributed by atoms with Crippen molar-refractivity contribution in [1.29, 1.82) is 0 Å². The molecule has 0 aromatic heterocycles. The van der Waals surface area contributed by atoms with Gasteiger partial charge >= 0.3 is 0 Å². The first-order chi connectivity index (χ1) is 41.6. The van der Waals surface area contributed by atoms with Crippen molar-refractivity contribution in [1.82, 2.24) is 0 Å². The van der Waals surface area contributed by atoms with Crippen LogP contribution in [-0.4, -0.2) is 411 Å². The minimum Gasteiger partial charge on any atom is -0.394 e. The highest BCUT2D eigenvalue weighted by molar-refractivity contribution is 5.06. The van der Waals surface area contributed by atoms with Gasteiger partial charge in [0.2, 0.25) is 0 Å². The summed E-state index contributed by atoms with van der Waals surface area (Å²) in [5.41, 5.74) is 0. The summed E-state index contributed by atoms with van der Waals surface area (Å²) in [7, 11) is 0. The van der Waals surface area contributed by atoms with Crippen LogP contribution in [0.4, 0.5) is 0 Å². The fourth-order valence-electron chi connectivity index (χ4n) is 12.2. The molecule has 0 aromatic carbocycles. The first-order valence-corrected chi connectivity index (χ1v) is 28.1. The molecule has 39 nitrogen and oxygen atoms in total. The van der Waals surface area contributed by atoms with Crippen LogP contribution >= 0.6 is 0 Å². The molecule has 31 rings (SSSR count). The van der Waals surface area contributed by atoms with Crippen molar-refractivity contribution >= 4 is 0 Å². The zero-order chi connectivity index (χ0) is 62.8. The Kier molecular flexibility index (Phi) is 22.4. The van der Waals surface area contributed by atoms with E-state index in [1.54, 1.807) is 0 Å². The second kappa shape index (κ2) is 28.6. The Labute approximate surface area is 490 Å². The molecule has 39 heteroatoms. The molecular formula is C48H78O39. The maximum atomic E-state index is 11.4. The molecule has 0 unspecified atom stereocenters. The van der Waals surface area contributed by atoms with E-state index in [-0.39, 0.29) is 0 Å². The number of aliphatic hydroxyl groups is 22. The van der Waals surface area contributed by atoms with Crippen molar-refractivity contribution in [3.63, 3.8) is 0 Å². The van der Waals surface area contributed by atoms with Gasteiger partial charge < -0.3 is 193 Å². The molecule has 0 saturated carbocycles. The van der Waals surface area contributed by atoms with Crippen LogP contribution < -0.4 is 0 Å². The van der Waals surface area contributed by atoms with Crippen LogP contribution in [0.1, 0.15) is 0 Å². The molecule has 0 radical (unpaired) electrons. The molecule has 31 fully saturated rings. The summed E-state index contributed by atoms with van der Waals surface area (Å²) in [5, 5.41) is 243. The minimum atomic E-state index is -2.23. The molecule has 0 spiro atoms. The average Bonchev–Trinajstić information content (AvgIpc) is 1.93. The lowest BCUT2D eigenvalue weighted by molar-refractivity contribution is -0.400. The summed E-state index contributed by atoms with van der Waals surface area (Å²) in [4.78, 5) is 0. The Hall–Kier alpha value is -1.56. The van der Waals surface area contributed by atoms with Crippen LogP contribution in [0.5, 0.6) is 0 Å². The molecule has 22 N–H and O–H groups in total. The number of epoxide rings is 1. The lowest BCUT2D eigenvalue weighted by atomic mass is 9.95. The number of aliphatic hydroxyl groups excluding tert-OH is 22. The lowest BCUT2D eigenvalue weighted by Crippen LogP contribution is -2.68. The smallest absolute Gasteiger partial charge is 0.187 e. The number of hydrogen-bond acceptors (Lipinski definition) is 39. The van der Waals surface area contributed by atoms with E-state index in [9.17, 15) is 112 Å². The first-order valence-electron chi connectivity index (χ1n) is 28.1. The predicted molar refractivity (Wildman–Crippen MR) is 258 cm³/mol. The van der Waals surface area contributed by atoms with Gasteiger partial charge in [-0.15, -0.1) is 0 Å². The van der Waals surface area contributed by atoms with Gasteiger partial charge in [0.25, 0.3) is 0 Å². The average molecular weight is 1280 g/mol. The van der Waals surface area contributed by atoms with Crippen molar-refractivity contribution in [2.24, 2.45) is 0 Å². The van der Waals surface area contributed by atoms with Gasteiger partial charge in [0.15, 0.2) is 50.3 Å². The van der Waals surface area contributed by atoms with E-state index in [0.717, 1.165) is 0 Å². The molecule has 31 saturated heterocycles. The fraction of sp³-hybridized carbons (Fsp3) is 1.00. The van der Waals surface area contributed by atoms with Gasteiger partial charge in [0.05, 0.1) is 52.9 Å². The highest BCUT2D eigenvalue weighted by Gasteiger charge is 2.64. The maximum absolute atomic E-state index is 11.4. The fourth-order valence-corrected chi connectivity index (χ4v) is 12.2. The van der Waals surface area contributed by atoms with E-state index < -0.39 is 299 Å². The van der Waals surface area contributed by atoms with E-state index in [1.165, 1.54) is 0 Å². The van der Waals surface area contributed by atoms with Gasteiger partial charge in [0.1, 0.15) is 195 Å². The second-order valence-electron chi connectivity index (χ2n) is 22.5. The third-order valence-corrected chi connectivity index (χ3v) is 17.1. The summed E-state index contributed by atoms with van der Waals surface area (Å²) in [6.45, 7) is -8.06. The topological polar surface area (TPSA) is 605 Å². The molecular weight excluding hydrogens is 1200 g/mol. The lowest BCUT2D eigenvalue weighted by Gasteiger charge is -2.50. The third kappa shape index (κ3) is 13.2. The highest BCUT2D eigenvalue weighted by atomic mass is 16.8. The molecule has 87 heavy (non-hydrogen) atoms. The van der Waals surface area contributed by atoms with Crippen LogP contribution in [0.25, 0.3) is 0 Å². The van der Waals surface area contributed by atoms with E-state index in [1.807, 2.05) is 0 Å². The zero-order valence-corrected chi connectivity index (χ0v) is 45.5. The molecule has 0 amide bonds. The standard InChI is InChI=1S/C48H78O39/c49-1-9-31-17(57)24(64)41(71-9)81-32-10(2-50)73-43(26(66)18(32)58)83-34-12(4-52)75-45(28(68)20(34)60)85-36-14(6-54)77-47(30(70)22(36)62)87-38-16(8-56)78-48(40-39(38)79-40)86-37-15(7-55)76-46(29(69)23(37)63)84-35-13(5-53)74-44(27(67)21(35)61)82-33-11(3-51)72-42(80-31)25(65)19(33)59/h9-70H,1-8H2/t9-,10-,11-,12-,13-,14-,15-,16-,17-,18-,19-,20-,21-,22-,23-,24-,25-,26-,27-,28-,29-,30-,31-,32-,33-,34-,35-,36-,37-,38-,39+,40-,41-,42-,43-,44-,45-,46-,47-,48-/m1/s1. The number of hydrogen-bond donors (Lipinski definition) is 22. The minimum absolute atomic E-state index is 0.855. The van der Waals surface area contributed by atoms with Crippen molar-refractivity contribution in [2.45, 2.75) is 246 Å². The van der Waals surface area contributed by atoms with Crippen LogP contribution in [0.2, 0.25) is 0 Å². The summed E-state index contributed by atoms with van der Waals surface area (Å²) < 4.78 is 98.1. The van der Waals surface area contributed by atoms with Crippen LogP contribution in [-0.2, 0) is 80.5 Å². The Morgan fingerprint density at radius 3 is 0.471 bits per heavy atom. The van der Waals surface area contributed by atoms with Crippen LogP contribution in [0.15, 0.2) is 0 Å². The van der Waals surface area contributed by atoms with Gasteiger partial charge in [0, 0.05) is 0 Å². The molecule has 31 aliphatic heterocycles. The highest BCUT2D eigenvalue weighted by Crippen LogP contribution is 2.44. The predicted octanol–water partition coefficient (Wildman–Crippen LogP) is -16.4. The van der Waals surface area contributed by atoms with E-state index in [2.05, 4.69) is 0 Å². The van der Waals surface area contributed by atoms with E-state index in [4.69, 9.17) is 80.5 Å². The zero-order valence-electron chi connectivity index (χ0n) is 45.5. The number of ether oxygens (including phenoxy) is 17. The van der Waals surface area contributed by atoms with Crippen molar-refractivity contribution in [3.8, 4) is 0 Å². The van der Waals surface area contributed by atoms with Crippen LogP contribution in [0, 0.1) is 0 Å². The molecule has 40 atom stereocenters. The van der Waals surface area contributed by atoms with E-state index >= 15 is 0 Å². The third-order valence-electron chi connectivity index (χ3n) is 17.1. The van der Waals surface area contributed by atoms with E-state index in [0.29, 0.717) is 0 Å². The quantitative estimate of drug-likeness (QED) is 0.100. The van der Waals surface area contributed by atoms with Crippen molar-refractivity contribution in [3.05, 3.63) is 0 Å². The summed E-state index contributed by atoms with van der Waals surface area (Å²) in [6, 6.07) is 0. The first kappa shape index (κ1) is 68.3. The van der Waals surface area contributed by atoms with Crippen molar-refractivity contribution < 1.29 is 193 Å². The number of rotatable bonds is 8. The van der Waals surface area contributed by atoms with Gasteiger partial charge in [-0.25, -0.2) is 0 Å². The molecule has 0 aromatic rings. The second-order valence-corrected chi connectivity index (χ2v) is 22.5. The van der Waals surface area contributed by atoms with Gasteiger partial charge in [-0.05, 0) is 0 Å². The monoisotopic (exact) mass is 1280 g/mol. The Balaban J connectivity index is 0.898. The molecule has 0 aliphatic carbocycles. The van der Waals surface area contributed by atoms with Crippen LogP contribution in [0.3, 0.4) is 0 Å². The molecule has 31 aliphatic rings. The SMILES string of the molecule is OC[C@H]1O[C@@H]2O[C@H]3[C@H](O)[C@@H](O)[C@@H](O[C@H]4[C@H](O)[C@@H](O)[C@@H](O[C@H]5[C@H](O)[C@@H](O)[C@@H](O[C@H]6[C@@H]7O[C@H]7[C@@H](O[C@H]7[C@H](O)[C@@H](O)[C@@H](O[C@H]8[C@H](O)[C@@H](O)[C@@H](O[C@H]9[C@H](O)[C@@H](O)[C@@H](O[C@H]1[C@H](O)[C@H]2O)O[C@@H]9CO)O[C@@H]8CO)O[C@@H]7CO)O[C@@H]6CO)O[C@@H]5CO)O[C@@H]4CO)O[C@@H]3CO. The summed E-state index contributed by atoms with van der Waals surface area (Å²) in [6.07, 6.45) is -75.8. The maximum Gasteiger partial charge on any atom is 0.187 e. The Morgan fingerprint density at radius 2 is 0.287 bits per heavy atom. The summed E-state index contributed by atoms with van der Waals surface area (Å²) >= 11 is 0. The molecule has 504 valence electrons. The summed E-state index contributed by atoms with van der Waals surface area (Å²) in [5.74, 6) is 0. The molecule has 31 heterocycles. The largest absolute Gasteiger partial charge is 0.394 e. The van der Waals surface area contributed by atoms with Gasteiger partial charge in [-0.3, -0.25) is 0 Å². The molecule has 16 bridgehead atoms. The van der Waals surface area contributed by atoms with Gasteiger partial charge in [-0.1, -0.05) is 0 Å².